The van der Waals surface area contributed by atoms with E-state index < -0.39 is 22.1 Å². The molecule has 0 amide bonds. The molecule has 0 spiro atoms. The zero-order valence-electron chi connectivity index (χ0n) is 12.9. The lowest BCUT2D eigenvalue weighted by molar-refractivity contribution is -0.147. The first kappa shape index (κ1) is 20.5. The van der Waals surface area contributed by atoms with Crippen molar-refractivity contribution in [2.24, 2.45) is 11.7 Å². The molecule has 0 bridgehead atoms. The summed E-state index contributed by atoms with van der Waals surface area (Å²) in [6.45, 7) is 5.39. The molecule has 0 radical (unpaired) electrons. The lowest BCUT2D eigenvalue weighted by Gasteiger charge is -2.13. The molecule has 1 rings (SSSR count). The Morgan fingerprint density at radius 3 is 2.14 bits per heavy atom. The molecular weight excluding hydrogens is 310 g/mol. The Kier molecular flexibility index (Phi) is 8.88. The van der Waals surface area contributed by atoms with Gasteiger partial charge in [-0.15, -0.1) is 0 Å². The van der Waals surface area contributed by atoms with Crippen LogP contribution in [-0.2, 0) is 19.6 Å². The second-order valence-corrected chi connectivity index (χ2v) is 6.37. The molecule has 1 aromatic rings. The second kappa shape index (κ2) is 9.52. The Morgan fingerprint density at radius 2 is 1.77 bits per heavy atom. The van der Waals surface area contributed by atoms with Crippen LogP contribution in [0.2, 0.25) is 0 Å². The lowest BCUT2D eigenvalue weighted by Crippen LogP contribution is -2.37. The van der Waals surface area contributed by atoms with E-state index in [1.54, 1.807) is 12.1 Å². The first-order valence-electron chi connectivity index (χ1n) is 6.66. The number of carbonyl (C=O) groups excluding carboxylic acids is 1. The first-order chi connectivity index (χ1) is 10.1. The number of nitrogens with two attached hydrogens (primary N) is 1. The van der Waals surface area contributed by atoms with Crippen molar-refractivity contribution in [1.29, 1.82) is 0 Å². The van der Waals surface area contributed by atoms with Gasteiger partial charge < -0.3 is 15.6 Å². The number of ether oxygens (including phenoxy) is 1. The Hall–Kier alpha value is -1.48. The number of aliphatic hydroxyl groups is 1. The maximum Gasteiger partial charge on any atom is 0.323 e. The molecular formula is C14H23NO6S. The van der Waals surface area contributed by atoms with Crippen molar-refractivity contribution >= 4 is 16.1 Å². The number of esters is 1. The smallest absolute Gasteiger partial charge is 0.323 e. The molecule has 1 unspecified atom stereocenters. The number of benzene rings is 1. The van der Waals surface area contributed by atoms with E-state index in [4.69, 9.17) is 15.4 Å². The Morgan fingerprint density at radius 1 is 1.27 bits per heavy atom. The van der Waals surface area contributed by atoms with Gasteiger partial charge in [0.25, 0.3) is 10.1 Å². The number of aliphatic hydroxyl groups excluding tert-OH is 1. The molecule has 0 aliphatic heterocycles. The molecule has 126 valence electrons. The van der Waals surface area contributed by atoms with E-state index in [1.165, 1.54) is 12.1 Å². The van der Waals surface area contributed by atoms with E-state index in [0.717, 1.165) is 5.56 Å². The van der Waals surface area contributed by atoms with Gasteiger partial charge in [-0.25, -0.2) is 0 Å². The van der Waals surface area contributed by atoms with Gasteiger partial charge in [-0.1, -0.05) is 31.5 Å². The Bertz CT molecular complexity index is 553. The van der Waals surface area contributed by atoms with Gasteiger partial charge in [-0.3, -0.25) is 9.35 Å². The van der Waals surface area contributed by atoms with Crippen LogP contribution >= 0.6 is 0 Å². The van der Waals surface area contributed by atoms with Crippen molar-refractivity contribution < 1.29 is 27.6 Å². The van der Waals surface area contributed by atoms with Gasteiger partial charge in [-0.2, -0.15) is 8.42 Å². The maximum absolute atomic E-state index is 10.9. The number of rotatable bonds is 5. The van der Waals surface area contributed by atoms with Gasteiger partial charge in [0.15, 0.2) is 0 Å². The predicted molar refractivity (Wildman–Crippen MR) is 81.9 cm³/mol. The summed E-state index contributed by atoms with van der Waals surface area (Å²) in [5.74, 6) is -0.379. The van der Waals surface area contributed by atoms with Gasteiger partial charge in [0.2, 0.25) is 0 Å². The molecule has 7 nitrogen and oxygen atoms in total. The SMILES string of the molecule is CC(C)C(N)C(=O)OCCO.Cc1ccc(S(=O)(=O)O)cc1. The second-order valence-electron chi connectivity index (χ2n) is 4.95. The summed E-state index contributed by atoms with van der Waals surface area (Å²) < 4.78 is 34.2. The van der Waals surface area contributed by atoms with E-state index in [-0.39, 0.29) is 24.0 Å². The van der Waals surface area contributed by atoms with Crippen molar-refractivity contribution in [2.75, 3.05) is 13.2 Å². The summed E-state index contributed by atoms with van der Waals surface area (Å²) in [5.41, 5.74) is 6.40. The van der Waals surface area contributed by atoms with Gasteiger partial charge in [-0.05, 0) is 25.0 Å². The van der Waals surface area contributed by atoms with Gasteiger partial charge in [0.05, 0.1) is 11.5 Å². The average molecular weight is 333 g/mol. The molecule has 1 atom stereocenters. The monoisotopic (exact) mass is 333 g/mol. The Labute approximate surface area is 130 Å². The van der Waals surface area contributed by atoms with Crippen molar-refractivity contribution in [1.82, 2.24) is 0 Å². The molecule has 0 fully saturated rings. The molecule has 0 heterocycles. The zero-order valence-corrected chi connectivity index (χ0v) is 13.7. The van der Waals surface area contributed by atoms with E-state index in [2.05, 4.69) is 4.74 Å². The van der Waals surface area contributed by atoms with Crippen LogP contribution in [0.4, 0.5) is 0 Å². The molecule has 22 heavy (non-hydrogen) atoms. The highest BCUT2D eigenvalue weighted by Gasteiger charge is 2.17. The predicted octanol–water partition coefficient (Wildman–Crippen LogP) is 0.747. The van der Waals surface area contributed by atoms with Crippen LogP contribution in [-0.4, -0.2) is 43.3 Å². The van der Waals surface area contributed by atoms with Crippen LogP contribution < -0.4 is 5.73 Å². The summed E-state index contributed by atoms with van der Waals surface area (Å²) in [6, 6.07) is 5.41. The summed E-state index contributed by atoms with van der Waals surface area (Å²) in [6.07, 6.45) is 0. The van der Waals surface area contributed by atoms with Crippen molar-refractivity contribution in [3.05, 3.63) is 29.8 Å². The van der Waals surface area contributed by atoms with E-state index in [0.29, 0.717) is 0 Å². The third-order valence-electron chi connectivity index (χ3n) is 2.64. The van der Waals surface area contributed by atoms with Crippen LogP contribution in [0.1, 0.15) is 19.4 Å². The minimum absolute atomic E-state index is 0.0270. The topological polar surface area (TPSA) is 127 Å². The maximum atomic E-state index is 10.9. The number of aryl methyl sites for hydroxylation is 1. The minimum atomic E-state index is -4.02. The summed E-state index contributed by atoms with van der Waals surface area (Å²) >= 11 is 0. The quantitative estimate of drug-likeness (QED) is 0.536. The normalized spacial score (nSPS) is 12.3. The fraction of sp³-hybridized carbons (Fsp3) is 0.500. The molecule has 0 saturated heterocycles. The molecule has 4 N–H and O–H groups in total. The molecule has 8 heteroatoms. The molecule has 0 aromatic heterocycles. The summed E-state index contributed by atoms with van der Waals surface area (Å²) in [5, 5.41) is 8.32. The van der Waals surface area contributed by atoms with Crippen molar-refractivity contribution in [3.63, 3.8) is 0 Å². The van der Waals surface area contributed by atoms with Gasteiger partial charge in [0.1, 0.15) is 12.6 Å². The van der Waals surface area contributed by atoms with E-state index in [9.17, 15) is 13.2 Å². The van der Waals surface area contributed by atoms with Crippen molar-refractivity contribution in [2.45, 2.75) is 31.7 Å². The van der Waals surface area contributed by atoms with Crippen molar-refractivity contribution in [3.8, 4) is 0 Å². The van der Waals surface area contributed by atoms with E-state index in [1.807, 2.05) is 20.8 Å². The average Bonchev–Trinajstić information content (AvgIpc) is 2.44. The van der Waals surface area contributed by atoms with E-state index >= 15 is 0 Å². The third-order valence-corrected chi connectivity index (χ3v) is 3.51. The third kappa shape index (κ3) is 8.08. The largest absolute Gasteiger partial charge is 0.462 e. The summed E-state index contributed by atoms with van der Waals surface area (Å²) in [7, 11) is -4.02. The van der Waals surface area contributed by atoms with Crippen LogP contribution in [0.15, 0.2) is 29.2 Å². The number of carbonyl (C=O) groups is 1. The number of hydrogen-bond acceptors (Lipinski definition) is 6. The fourth-order valence-corrected chi connectivity index (χ4v) is 1.70. The van der Waals surface area contributed by atoms with Crippen LogP contribution in [0.3, 0.4) is 0 Å². The fourth-order valence-electron chi connectivity index (χ4n) is 1.22. The Balaban J connectivity index is 0.000000401. The minimum Gasteiger partial charge on any atom is -0.462 e. The standard InChI is InChI=1S/C7H15NO3.C7H8O3S/c1-5(2)6(8)7(10)11-4-3-9;1-6-2-4-7(5-3-6)11(8,9)10/h5-6,9H,3-4,8H2,1-2H3;2-5H,1H3,(H,8,9,10). The molecule has 0 saturated carbocycles. The van der Waals surface area contributed by atoms with Crippen LogP contribution in [0, 0.1) is 12.8 Å². The van der Waals surface area contributed by atoms with Crippen LogP contribution in [0.5, 0.6) is 0 Å². The molecule has 0 aliphatic carbocycles. The molecule has 0 aliphatic rings. The van der Waals surface area contributed by atoms with Crippen LogP contribution in [0.25, 0.3) is 0 Å². The highest BCUT2D eigenvalue weighted by atomic mass is 32.2. The first-order valence-corrected chi connectivity index (χ1v) is 8.10. The highest BCUT2D eigenvalue weighted by Crippen LogP contribution is 2.08. The molecule has 1 aromatic carbocycles. The van der Waals surface area contributed by atoms with Gasteiger partial charge >= 0.3 is 5.97 Å². The van der Waals surface area contributed by atoms with Gasteiger partial charge in [0, 0.05) is 0 Å². The zero-order chi connectivity index (χ0) is 17.3. The highest BCUT2D eigenvalue weighted by molar-refractivity contribution is 7.85. The lowest BCUT2D eigenvalue weighted by atomic mass is 10.1. The summed E-state index contributed by atoms with van der Waals surface area (Å²) in [4.78, 5) is 10.8. The number of hydrogen-bond donors (Lipinski definition) is 3.